The third-order valence-electron chi connectivity index (χ3n) is 2.54. The number of hydrogen-bond acceptors (Lipinski definition) is 4. The molecule has 0 atom stereocenters. The van der Waals surface area contributed by atoms with Gasteiger partial charge in [0.2, 0.25) is 0 Å². The van der Waals surface area contributed by atoms with E-state index in [-0.39, 0.29) is 11.9 Å². The summed E-state index contributed by atoms with van der Waals surface area (Å²) in [7, 11) is 0. The van der Waals surface area contributed by atoms with Crippen molar-refractivity contribution in [1.82, 2.24) is 9.78 Å². The lowest BCUT2D eigenvalue weighted by Gasteiger charge is -2.08. The fourth-order valence-electron chi connectivity index (χ4n) is 1.64. The van der Waals surface area contributed by atoms with Gasteiger partial charge >= 0.3 is 0 Å². The molecule has 0 aliphatic carbocycles. The zero-order valence-corrected chi connectivity index (χ0v) is 11.4. The molecule has 0 saturated heterocycles. The first-order valence-corrected chi connectivity index (χ1v) is 6.51. The van der Waals surface area contributed by atoms with Crippen LogP contribution in [0.4, 0.5) is 10.8 Å². The Balaban J connectivity index is 2.19. The summed E-state index contributed by atoms with van der Waals surface area (Å²) in [5.41, 5.74) is 6.32. The molecule has 0 bridgehead atoms. The van der Waals surface area contributed by atoms with Crippen LogP contribution in [0.1, 0.15) is 35.1 Å². The first-order chi connectivity index (χ1) is 8.49. The summed E-state index contributed by atoms with van der Waals surface area (Å²) in [5.74, 6) is 0.178. The van der Waals surface area contributed by atoms with Crippen LogP contribution in [0.3, 0.4) is 0 Å². The van der Waals surface area contributed by atoms with Crippen molar-refractivity contribution in [3.63, 3.8) is 0 Å². The number of hydrogen-bond donors (Lipinski definition) is 2. The van der Waals surface area contributed by atoms with Crippen molar-refractivity contribution in [1.29, 1.82) is 0 Å². The summed E-state index contributed by atoms with van der Waals surface area (Å²) in [6.45, 7) is 5.92. The molecular formula is C12H16N4OS. The largest absolute Gasteiger partial charge is 0.383 e. The van der Waals surface area contributed by atoms with Crippen LogP contribution in [0.15, 0.2) is 18.3 Å². The fourth-order valence-corrected chi connectivity index (χ4v) is 2.40. The smallest absolute Gasteiger partial charge is 0.261 e. The number of thiophene rings is 1. The van der Waals surface area contributed by atoms with Gasteiger partial charge in [0.05, 0.1) is 11.2 Å². The molecule has 2 aromatic heterocycles. The first-order valence-electron chi connectivity index (χ1n) is 5.70. The van der Waals surface area contributed by atoms with Crippen molar-refractivity contribution in [2.45, 2.75) is 26.8 Å². The van der Waals surface area contributed by atoms with Gasteiger partial charge in [-0.15, -0.1) is 11.3 Å². The minimum atomic E-state index is -0.221. The maximum absolute atomic E-state index is 12.0. The molecule has 0 unspecified atom stereocenters. The molecule has 2 heterocycles. The summed E-state index contributed by atoms with van der Waals surface area (Å²) >= 11 is 1.53. The number of anilines is 2. The van der Waals surface area contributed by atoms with Crippen LogP contribution in [0.2, 0.25) is 0 Å². The normalized spacial score (nSPS) is 10.9. The molecule has 18 heavy (non-hydrogen) atoms. The number of nitrogen functional groups attached to an aromatic ring is 1. The van der Waals surface area contributed by atoms with Gasteiger partial charge in [0.25, 0.3) is 5.91 Å². The Morgan fingerprint density at radius 3 is 2.72 bits per heavy atom. The van der Waals surface area contributed by atoms with Crippen LogP contribution >= 0.6 is 11.3 Å². The number of carbonyl (C=O) groups excluding carboxylic acids is 1. The standard InChI is InChI=1S/C12H16N4OS/c1-7(2)16-11(13)9(6-14-16)12(17)15-10-5-4-8(3)18-10/h4-7H,13H2,1-3H3,(H,15,17). The average Bonchev–Trinajstić information content (AvgIpc) is 2.85. The predicted octanol–water partition coefficient (Wildman–Crippen LogP) is 2.67. The van der Waals surface area contributed by atoms with Gasteiger partial charge in [-0.3, -0.25) is 4.79 Å². The molecule has 0 aliphatic heterocycles. The molecule has 6 heteroatoms. The monoisotopic (exact) mass is 264 g/mol. The molecule has 0 fully saturated rings. The van der Waals surface area contributed by atoms with Gasteiger partial charge < -0.3 is 11.1 Å². The quantitative estimate of drug-likeness (QED) is 0.895. The lowest BCUT2D eigenvalue weighted by atomic mass is 10.3. The average molecular weight is 264 g/mol. The molecule has 2 rings (SSSR count). The SMILES string of the molecule is Cc1ccc(NC(=O)c2cnn(C(C)C)c2N)s1. The highest BCUT2D eigenvalue weighted by molar-refractivity contribution is 7.16. The first kappa shape index (κ1) is 12.6. The molecule has 0 saturated carbocycles. The lowest BCUT2D eigenvalue weighted by molar-refractivity contribution is 0.102. The second kappa shape index (κ2) is 4.81. The van der Waals surface area contributed by atoms with Gasteiger partial charge in [0.15, 0.2) is 0 Å². The number of aryl methyl sites for hydroxylation is 1. The maximum atomic E-state index is 12.0. The Morgan fingerprint density at radius 1 is 1.50 bits per heavy atom. The molecule has 2 aromatic rings. The van der Waals surface area contributed by atoms with Gasteiger partial charge in [-0.2, -0.15) is 5.10 Å². The van der Waals surface area contributed by atoms with E-state index in [1.165, 1.54) is 17.5 Å². The van der Waals surface area contributed by atoms with E-state index in [1.807, 2.05) is 32.9 Å². The van der Waals surface area contributed by atoms with Gasteiger partial charge in [0, 0.05) is 10.9 Å². The van der Waals surface area contributed by atoms with Crippen LogP contribution < -0.4 is 11.1 Å². The van der Waals surface area contributed by atoms with Crippen molar-refractivity contribution in [3.8, 4) is 0 Å². The number of rotatable bonds is 3. The van der Waals surface area contributed by atoms with E-state index in [1.54, 1.807) is 4.68 Å². The molecule has 0 aliphatic rings. The van der Waals surface area contributed by atoms with E-state index < -0.39 is 0 Å². The van der Waals surface area contributed by atoms with Gasteiger partial charge in [-0.1, -0.05) is 0 Å². The molecule has 5 nitrogen and oxygen atoms in total. The number of nitrogens with zero attached hydrogens (tertiary/aromatic N) is 2. The maximum Gasteiger partial charge on any atom is 0.261 e. The van der Waals surface area contributed by atoms with E-state index in [0.717, 1.165) is 9.88 Å². The second-order valence-corrected chi connectivity index (χ2v) is 5.63. The summed E-state index contributed by atoms with van der Waals surface area (Å²) in [6.07, 6.45) is 1.51. The fraction of sp³-hybridized carbons (Fsp3) is 0.333. The van der Waals surface area contributed by atoms with E-state index in [0.29, 0.717) is 11.4 Å². The zero-order chi connectivity index (χ0) is 13.3. The van der Waals surface area contributed by atoms with Crippen LogP contribution in [0.25, 0.3) is 0 Å². The van der Waals surface area contributed by atoms with Crippen molar-refractivity contribution >= 4 is 28.1 Å². The van der Waals surface area contributed by atoms with Gasteiger partial charge in [0.1, 0.15) is 11.4 Å². The van der Waals surface area contributed by atoms with Crippen LogP contribution in [-0.2, 0) is 0 Å². The van der Waals surface area contributed by atoms with E-state index in [4.69, 9.17) is 5.73 Å². The van der Waals surface area contributed by atoms with Crippen LogP contribution in [0.5, 0.6) is 0 Å². The Labute approximate surface area is 110 Å². The minimum absolute atomic E-state index is 0.135. The molecule has 0 spiro atoms. The summed E-state index contributed by atoms with van der Waals surface area (Å²) in [4.78, 5) is 13.2. The molecule has 96 valence electrons. The Morgan fingerprint density at radius 2 is 2.22 bits per heavy atom. The second-order valence-electron chi connectivity index (χ2n) is 4.35. The van der Waals surface area contributed by atoms with Crippen LogP contribution in [-0.4, -0.2) is 15.7 Å². The van der Waals surface area contributed by atoms with Crippen LogP contribution in [0, 0.1) is 6.92 Å². The Kier molecular flexibility index (Phi) is 3.38. The highest BCUT2D eigenvalue weighted by Gasteiger charge is 2.16. The summed E-state index contributed by atoms with van der Waals surface area (Å²) in [6, 6.07) is 3.97. The number of nitrogens with one attached hydrogen (secondary N) is 1. The molecule has 1 amide bonds. The predicted molar refractivity (Wildman–Crippen MR) is 74.0 cm³/mol. The van der Waals surface area contributed by atoms with Crippen molar-refractivity contribution in [2.75, 3.05) is 11.1 Å². The zero-order valence-electron chi connectivity index (χ0n) is 10.6. The highest BCUT2D eigenvalue weighted by Crippen LogP contribution is 2.23. The summed E-state index contributed by atoms with van der Waals surface area (Å²) < 4.78 is 1.63. The number of amides is 1. The third kappa shape index (κ3) is 2.38. The van der Waals surface area contributed by atoms with Crippen molar-refractivity contribution < 1.29 is 4.79 Å². The Hall–Kier alpha value is -1.82. The van der Waals surface area contributed by atoms with Gasteiger partial charge in [-0.25, -0.2) is 4.68 Å². The van der Waals surface area contributed by atoms with Gasteiger partial charge in [-0.05, 0) is 32.9 Å². The number of aromatic nitrogens is 2. The molecular weight excluding hydrogens is 248 g/mol. The molecule has 0 aromatic carbocycles. The summed E-state index contributed by atoms with van der Waals surface area (Å²) in [5, 5.41) is 7.75. The lowest BCUT2D eigenvalue weighted by Crippen LogP contribution is -2.14. The topological polar surface area (TPSA) is 72.9 Å². The third-order valence-corrected chi connectivity index (χ3v) is 3.46. The van der Waals surface area contributed by atoms with Crippen molar-refractivity contribution in [3.05, 3.63) is 28.8 Å². The van der Waals surface area contributed by atoms with E-state index >= 15 is 0 Å². The van der Waals surface area contributed by atoms with E-state index in [9.17, 15) is 4.79 Å². The number of carbonyl (C=O) groups is 1. The van der Waals surface area contributed by atoms with E-state index in [2.05, 4.69) is 10.4 Å². The highest BCUT2D eigenvalue weighted by atomic mass is 32.1. The Bertz CT molecular complexity index is 570. The van der Waals surface area contributed by atoms with Crippen molar-refractivity contribution in [2.24, 2.45) is 0 Å². The number of nitrogens with two attached hydrogens (primary N) is 1. The minimum Gasteiger partial charge on any atom is -0.383 e. The molecule has 3 N–H and O–H groups in total. The molecule has 0 radical (unpaired) electrons.